The third-order valence-electron chi connectivity index (χ3n) is 3.68. The first-order chi connectivity index (χ1) is 9.84. The van der Waals surface area contributed by atoms with Crippen LogP contribution in [0.3, 0.4) is 0 Å². The zero-order valence-corrected chi connectivity index (χ0v) is 12.5. The molecule has 4 heteroatoms. The monoisotopic (exact) mass is 285 g/mol. The highest BCUT2D eigenvalue weighted by atomic mass is 32.1. The van der Waals surface area contributed by atoms with Crippen molar-refractivity contribution < 1.29 is 0 Å². The molecule has 3 nitrogen and oxygen atoms in total. The van der Waals surface area contributed by atoms with E-state index in [1.54, 1.807) is 11.3 Å². The highest BCUT2D eigenvalue weighted by Gasteiger charge is 2.18. The topological polar surface area (TPSA) is 28.5 Å². The second kappa shape index (κ2) is 6.18. The summed E-state index contributed by atoms with van der Waals surface area (Å²) in [5, 5.41) is 2.11. The largest absolute Gasteiger partial charge is 0.363 e. The van der Waals surface area contributed by atoms with Crippen molar-refractivity contribution in [3.05, 3.63) is 52.5 Å². The molecule has 1 atom stereocenters. The van der Waals surface area contributed by atoms with Crippen molar-refractivity contribution in [1.82, 2.24) is 9.88 Å². The van der Waals surface area contributed by atoms with E-state index in [9.17, 15) is 0 Å². The highest BCUT2D eigenvalue weighted by molar-refractivity contribution is 7.10. The molecule has 3 heterocycles. The fraction of sp³-hybridized carbons (Fsp3) is 0.375. The summed E-state index contributed by atoms with van der Waals surface area (Å²) >= 11 is 1.76. The maximum absolute atomic E-state index is 5.04. The van der Waals surface area contributed by atoms with E-state index in [0.29, 0.717) is 0 Å². The zero-order valence-electron chi connectivity index (χ0n) is 11.7. The van der Waals surface area contributed by atoms with E-state index in [0.717, 1.165) is 13.0 Å². The molecule has 0 spiro atoms. The fourth-order valence-corrected chi connectivity index (χ4v) is 3.34. The minimum absolute atomic E-state index is 0.0826. The van der Waals surface area contributed by atoms with Crippen LogP contribution < -0.4 is 0 Å². The average Bonchev–Trinajstić information content (AvgIpc) is 3.01. The minimum Gasteiger partial charge on any atom is -0.363 e. The quantitative estimate of drug-likeness (QED) is 0.859. The van der Waals surface area contributed by atoms with Crippen LogP contribution in [-0.4, -0.2) is 29.3 Å². The van der Waals surface area contributed by atoms with Gasteiger partial charge >= 0.3 is 0 Å². The van der Waals surface area contributed by atoms with Gasteiger partial charge in [0.05, 0.1) is 5.84 Å². The third kappa shape index (κ3) is 2.90. The van der Waals surface area contributed by atoms with Gasteiger partial charge in [0.25, 0.3) is 0 Å². The van der Waals surface area contributed by atoms with Crippen LogP contribution in [-0.2, 0) is 0 Å². The Balaban J connectivity index is 1.96. The average molecular weight is 285 g/mol. The Morgan fingerprint density at radius 3 is 2.95 bits per heavy atom. The summed E-state index contributed by atoms with van der Waals surface area (Å²) in [6.07, 6.45) is 7.34. The second-order valence-corrected chi connectivity index (χ2v) is 6.11. The zero-order chi connectivity index (χ0) is 13.8. The third-order valence-corrected chi connectivity index (χ3v) is 4.60. The maximum atomic E-state index is 5.04. The Bertz CT molecular complexity index is 563. The lowest BCUT2D eigenvalue weighted by atomic mass is 10.1. The molecule has 0 amide bonds. The molecule has 0 bridgehead atoms. The summed E-state index contributed by atoms with van der Waals surface area (Å²) in [6, 6.07) is 8.44. The van der Waals surface area contributed by atoms with E-state index in [4.69, 9.17) is 4.99 Å². The number of piperidine rings is 1. The summed E-state index contributed by atoms with van der Waals surface area (Å²) in [5.41, 5.74) is 1.17. The van der Waals surface area contributed by atoms with Crippen LogP contribution in [0.5, 0.6) is 0 Å². The van der Waals surface area contributed by atoms with Crippen LogP contribution in [0.4, 0.5) is 0 Å². The van der Waals surface area contributed by atoms with Crippen molar-refractivity contribution in [2.24, 2.45) is 4.99 Å². The molecule has 2 aromatic rings. The van der Waals surface area contributed by atoms with E-state index in [-0.39, 0.29) is 6.04 Å². The number of hydrogen-bond donors (Lipinski definition) is 0. The molecule has 3 rings (SSSR count). The molecule has 104 valence electrons. The van der Waals surface area contributed by atoms with Gasteiger partial charge in [-0.15, -0.1) is 11.3 Å². The molecule has 0 saturated carbocycles. The number of nitrogens with zero attached hydrogens (tertiary/aromatic N) is 3. The molecule has 0 aromatic carbocycles. The molecule has 20 heavy (non-hydrogen) atoms. The first-order valence-electron chi connectivity index (χ1n) is 7.06. The van der Waals surface area contributed by atoms with Crippen LogP contribution in [0.15, 0.2) is 47.0 Å². The van der Waals surface area contributed by atoms with Crippen LogP contribution in [0, 0.1) is 0 Å². The SMILES string of the molecule is CN1CCCCC1=NC(c1cccnc1)c1cccs1. The highest BCUT2D eigenvalue weighted by Crippen LogP contribution is 2.30. The fourth-order valence-electron chi connectivity index (χ4n) is 2.55. The van der Waals surface area contributed by atoms with Crippen molar-refractivity contribution in [2.75, 3.05) is 13.6 Å². The van der Waals surface area contributed by atoms with Crippen LogP contribution >= 0.6 is 11.3 Å². The lowest BCUT2D eigenvalue weighted by Gasteiger charge is -2.27. The number of likely N-dealkylation sites (tertiary alicyclic amines) is 1. The summed E-state index contributed by atoms with van der Waals surface area (Å²) in [7, 11) is 2.15. The Labute approximate surface area is 124 Å². The van der Waals surface area contributed by atoms with Crippen LogP contribution in [0.25, 0.3) is 0 Å². The molecule has 0 aliphatic carbocycles. The molecular weight excluding hydrogens is 266 g/mol. The van der Waals surface area contributed by atoms with Crippen molar-refractivity contribution in [3.63, 3.8) is 0 Å². The molecular formula is C16H19N3S. The minimum atomic E-state index is 0.0826. The first-order valence-corrected chi connectivity index (χ1v) is 7.93. The van der Waals surface area contributed by atoms with Crippen LogP contribution in [0.2, 0.25) is 0 Å². The Morgan fingerprint density at radius 2 is 2.25 bits per heavy atom. The lowest BCUT2D eigenvalue weighted by molar-refractivity contribution is 0.430. The Morgan fingerprint density at radius 1 is 1.30 bits per heavy atom. The standard InChI is InChI=1S/C16H19N3S/c1-19-10-3-2-8-15(19)18-16(14-7-5-11-20-14)13-6-4-9-17-12-13/h4-7,9,11-12,16H,2-3,8,10H2,1H3. The van der Waals surface area contributed by atoms with Gasteiger partial charge in [-0.05, 0) is 30.4 Å². The Hall–Kier alpha value is -1.68. The van der Waals surface area contributed by atoms with E-state index in [1.165, 1.54) is 29.1 Å². The molecule has 1 unspecified atom stereocenters. The van der Waals surface area contributed by atoms with Crippen molar-refractivity contribution in [1.29, 1.82) is 0 Å². The first kappa shape index (κ1) is 13.3. The van der Waals surface area contributed by atoms with Crippen LogP contribution in [0.1, 0.15) is 35.7 Å². The predicted octanol–water partition coefficient (Wildman–Crippen LogP) is 3.75. The summed E-state index contributed by atoms with van der Waals surface area (Å²) in [6.45, 7) is 1.11. The summed E-state index contributed by atoms with van der Waals surface area (Å²) in [5.74, 6) is 1.22. The number of aromatic nitrogens is 1. The molecule has 1 saturated heterocycles. The number of hydrogen-bond acceptors (Lipinski definition) is 3. The van der Waals surface area contributed by atoms with E-state index >= 15 is 0 Å². The number of pyridine rings is 1. The van der Waals surface area contributed by atoms with Gasteiger partial charge in [-0.25, -0.2) is 0 Å². The van der Waals surface area contributed by atoms with Gasteiger partial charge in [-0.2, -0.15) is 0 Å². The molecule has 1 fully saturated rings. The van der Waals surface area contributed by atoms with Gasteiger partial charge in [-0.1, -0.05) is 12.1 Å². The maximum Gasteiger partial charge on any atom is 0.113 e. The normalized spacial score (nSPS) is 19.2. The number of aliphatic imine (C=N–C) groups is 1. The number of rotatable bonds is 3. The van der Waals surface area contributed by atoms with Crippen molar-refractivity contribution in [3.8, 4) is 0 Å². The predicted molar refractivity (Wildman–Crippen MR) is 84.3 cm³/mol. The van der Waals surface area contributed by atoms with Crippen molar-refractivity contribution >= 4 is 17.2 Å². The lowest BCUT2D eigenvalue weighted by Crippen LogP contribution is -2.32. The Kier molecular flexibility index (Phi) is 4.11. The van der Waals surface area contributed by atoms with Gasteiger partial charge in [0, 0.05) is 42.8 Å². The summed E-state index contributed by atoms with van der Waals surface area (Å²) in [4.78, 5) is 12.9. The smallest absolute Gasteiger partial charge is 0.113 e. The molecule has 2 aromatic heterocycles. The van der Waals surface area contributed by atoms with Gasteiger partial charge in [0.2, 0.25) is 0 Å². The molecule has 0 radical (unpaired) electrons. The number of thiophene rings is 1. The van der Waals surface area contributed by atoms with Gasteiger partial charge in [-0.3, -0.25) is 9.98 Å². The second-order valence-electron chi connectivity index (χ2n) is 5.13. The van der Waals surface area contributed by atoms with E-state index in [1.807, 2.05) is 18.5 Å². The van der Waals surface area contributed by atoms with Gasteiger partial charge in [0.15, 0.2) is 0 Å². The number of amidine groups is 1. The van der Waals surface area contributed by atoms with Gasteiger partial charge in [0.1, 0.15) is 6.04 Å². The van der Waals surface area contributed by atoms with Gasteiger partial charge < -0.3 is 4.90 Å². The van der Waals surface area contributed by atoms with E-state index in [2.05, 4.69) is 40.5 Å². The van der Waals surface area contributed by atoms with E-state index < -0.39 is 0 Å². The summed E-state index contributed by atoms with van der Waals surface area (Å²) < 4.78 is 0. The van der Waals surface area contributed by atoms with Crippen molar-refractivity contribution in [2.45, 2.75) is 25.3 Å². The molecule has 1 aliphatic rings. The molecule has 1 aliphatic heterocycles. The molecule has 0 N–H and O–H groups in total.